The van der Waals surface area contributed by atoms with Gasteiger partial charge in [-0.15, -0.1) is 11.7 Å². The number of hydrogen-bond donors (Lipinski definition) is 2. The van der Waals surface area contributed by atoms with Crippen molar-refractivity contribution in [2.24, 2.45) is 4.99 Å². The average molecular weight is 669 g/mol. The number of hydrogen-bond acceptors (Lipinski definition) is 7. The number of carbonyl (C=O) groups excluding carboxylic acids is 1. The van der Waals surface area contributed by atoms with E-state index in [-0.39, 0.29) is 41.3 Å². The lowest BCUT2D eigenvalue weighted by Gasteiger charge is -2.23. The molecule has 16 heteroatoms. The number of pyridine rings is 2. The number of carbonyl (C=O) groups is 1. The van der Waals surface area contributed by atoms with Crippen molar-refractivity contribution in [1.29, 1.82) is 0 Å². The molecular formula is C24H32Cl4F3N5O3S. The number of amides is 1. The highest BCUT2D eigenvalue weighted by molar-refractivity contribution is 8.18. The monoisotopic (exact) mass is 667 g/mol. The third-order valence-electron chi connectivity index (χ3n) is 4.91. The second-order valence-corrected chi connectivity index (χ2v) is 12.3. The molecule has 0 atom stereocenters. The second kappa shape index (κ2) is 15.6. The Hall–Kier alpha value is -1.54. The van der Waals surface area contributed by atoms with Crippen LogP contribution in [0.5, 0.6) is 0 Å². The zero-order valence-corrected chi connectivity index (χ0v) is 26.6. The van der Waals surface area contributed by atoms with Crippen LogP contribution in [0.25, 0.3) is 0 Å². The molecule has 0 aliphatic carbocycles. The standard InChI is InChI=1S/C10H12Cl2N2O2.C10H10Cl2N2O.C4H10F3NS/c1-10(2,5-15)14-9(16)6-3-7(11)8(12)13-4-6;1-10(2)5-15-9(14-10)6-3-7(11)8(12)13-4-6;1-3-8(4-2)9(5,6)7/h3-4,15H,5H2,1-2H3,(H,14,16);3-4H,5H2,1-2H3;3-4H2,1-2H3. The number of rotatable bonds is 7. The maximum atomic E-state index is 11.7. The molecule has 3 heterocycles. The molecule has 1 aliphatic heterocycles. The van der Waals surface area contributed by atoms with Crippen molar-refractivity contribution < 1.29 is 26.3 Å². The van der Waals surface area contributed by atoms with Crippen molar-refractivity contribution in [2.75, 3.05) is 26.3 Å². The van der Waals surface area contributed by atoms with Crippen LogP contribution in [0.3, 0.4) is 0 Å². The minimum atomic E-state index is -4.93. The Balaban J connectivity index is 0.000000313. The highest BCUT2D eigenvalue weighted by atomic mass is 35.5. The molecule has 1 aliphatic rings. The Morgan fingerprint density at radius 3 is 1.98 bits per heavy atom. The normalized spacial score (nSPS) is 14.7. The van der Waals surface area contributed by atoms with Crippen LogP contribution in [-0.2, 0) is 4.74 Å². The Morgan fingerprint density at radius 2 is 1.60 bits per heavy atom. The van der Waals surface area contributed by atoms with Crippen molar-refractivity contribution >= 4 is 69.6 Å². The van der Waals surface area contributed by atoms with Gasteiger partial charge in [-0.1, -0.05) is 60.3 Å². The molecule has 2 aromatic heterocycles. The third-order valence-corrected chi connectivity index (χ3v) is 7.39. The van der Waals surface area contributed by atoms with Crippen LogP contribution >= 0.6 is 57.8 Å². The molecule has 0 unspecified atom stereocenters. The maximum absolute atomic E-state index is 11.7. The summed E-state index contributed by atoms with van der Waals surface area (Å²) in [5.74, 6) is 0.219. The summed E-state index contributed by atoms with van der Waals surface area (Å²) in [5, 5.41) is 12.7. The molecule has 0 saturated carbocycles. The lowest BCUT2D eigenvalue weighted by atomic mass is 10.1. The molecule has 8 nitrogen and oxygen atoms in total. The van der Waals surface area contributed by atoms with Crippen LogP contribution in [0.15, 0.2) is 29.5 Å². The first-order valence-electron chi connectivity index (χ1n) is 11.8. The van der Waals surface area contributed by atoms with E-state index in [9.17, 15) is 16.5 Å². The van der Waals surface area contributed by atoms with E-state index in [1.165, 1.54) is 26.1 Å². The van der Waals surface area contributed by atoms with Gasteiger partial charge in [-0.25, -0.2) is 15.0 Å². The highest BCUT2D eigenvalue weighted by Gasteiger charge is 2.28. The molecule has 3 rings (SSSR count). The van der Waals surface area contributed by atoms with Crippen LogP contribution < -0.4 is 5.32 Å². The topological polar surface area (TPSA) is 99.9 Å². The summed E-state index contributed by atoms with van der Waals surface area (Å²) in [6.07, 6.45) is 2.94. The molecule has 1 amide bonds. The first-order chi connectivity index (χ1) is 18.4. The van der Waals surface area contributed by atoms with Crippen molar-refractivity contribution in [3.8, 4) is 0 Å². The zero-order chi connectivity index (χ0) is 30.9. The van der Waals surface area contributed by atoms with Crippen molar-refractivity contribution in [2.45, 2.75) is 52.6 Å². The minimum absolute atomic E-state index is 0.0648. The third kappa shape index (κ3) is 12.1. The fourth-order valence-corrected chi connectivity index (χ4v) is 3.88. The SMILES string of the molecule is CC(C)(CO)NC(=O)c1cnc(Cl)c(Cl)c1.CC1(C)COC(c2cnc(Cl)c(Cl)c2)=N1.CCN(CC)S(F)(F)F. The fourth-order valence-electron chi connectivity index (χ4n) is 2.75. The molecule has 226 valence electrons. The molecule has 0 spiro atoms. The van der Waals surface area contributed by atoms with Gasteiger partial charge in [-0.3, -0.25) is 4.79 Å². The van der Waals surface area contributed by atoms with E-state index in [1.54, 1.807) is 26.1 Å². The predicted octanol–water partition coefficient (Wildman–Crippen LogP) is 7.53. The minimum Gasteiger partial charge on any atom is -0.475 e. The van der Waals surface area contributed by atoms with Crippen molar-refractivity contribution in [3.63, 3.8) is 0 Å². The second-order valence-electron chi connectivity index (χ2n) is 9.50. The number of aliphatic hydroxyl groups excluding tert-OH is 1. The van der Waals surface area contributed by atoms with Crippen LogP contribution in [-0.4, -0.2) is 68.6 Å². The maximum Gasteiger partial charge on any atom is 0.278 e. The van der Waals surface area contributed by atoms with Gasteiger partial charge in [0.2, 0.25) is 5.90 Å². The molecule has 40 heavy (non-hydrogen) atoms. The molecule has 0 bridgehead atoms. The summed E-state index contributed by atoms with van der Waals surface area (Å²) < 4.78 is 41.2. The van der Waals surface area contributed by atoms with E-state index < -0.39 is 16.9 Å². The van der Waals surface area contributed by atoms with E-state index >= 15 is 0 Å². The summed E-state index contributed by atoms with van der Waals surface area (Å²) in [6.45, 7) is 11.0. The van der Waals surface area contributed by atoms with Crippen LogP contribution in [0.1, 0.15) is 57.5 Å². The molecule has 0 radical (unpaired) electrons. The van der Waals surface area contributed by atoms with Gasteiger partial charge in [-0.2, -0.15) is 4.31 Å². The van der Waals surface area contributed by atoms with E-state index in [1.807, 2.05) is 13.8 Å². The summed E-state index contributed by atoms with van der Waals surface area (Å²) in [4.78, 5) is 23.8. The number of ether oxygens (including phenoxy) is 1. The van der Waals surface area contributed by atoms with Gasteiger partial charge in [0.1, 0.15) is 16.9 Å². The number of nitrogens with one attached hydrogen (secondary N) is 1. The average Bonchev–Trinajstić information content (AvgIpc) is 3.22. The largest absolute Gasteiger partial charge is 0.475 e. The van der Waals surface area contributed by atoms with Crippen LogP contribution in [0.2, 0.25) is 20.4 Å². The Morgan fingerprint density at radius 1 is 1.07 bits per heavy atom. The number of aliphatic hydroxyl groups is 1. The van der Waals surface area contributed by atoms with Gasteiger partial charge >= 0.3 is 0 Å². The van der Waals surface area contributed by atoms with E-state index in [0.29, 0.717) is 32.5 Å². The lowest BCUT2D eigenvalue weighted by Crippen LogP contribution is -2.46. The quantitative estimate of drug-likeness (QED) is 0.296. The summed E-state index contributed by atoms with van der Waals surface area (Å²) in [6, 6.07) is 3.14. The van der Waals surface area contributed by atoms with Crippen molar-refractivity contribution in [1.82, 2.24) is 19.6 Å². The first-order valence-corrected chi connectivity index (χ1v) is 14.6. The Kier molecular flexibility index (Phi) is 14.2. The zero-order valence-electron chi connectivity index (χ0n) is 22.7. The predicted molar refractivity (Wildman–Crippen MR) is 158 cm³/mol. The number of nitrogens with zero attached hydrogens (tertiary/aromatic N) is 4. The van der Waals surface area contributed by atoms with Gasteiger partial charge in [0.15, 0.2) is 0 Å². The molecule has 0 saturated heterocycles. The van der Waals surface area contributed by atoms with Crippen molar-refractivity contribution in [3.05, 3.63) is 56.0 Å². The van der Waals surface area contributed by atoms with Crippen LogP contribution in [0, 0.1) is 0 Å². The highest BCUT2D eigenvalue weighted by Crippen LogP contribution is 2.56. The Labute approximate surface area is 254 Å². The molecule has 0 fully saturated rings. The molecule has 0 aromatic carbocycles. The summed E-state index contributed by atoms with van der Waals surface area (Å²) in [7, 11) is 0. The van der Waals surface area contributed by atoms with E-state index in [4.69, 9.17) is 56.2 Å². The molecule has 2 N–H and O–H groups in total. The van der Waals surface area contributed by atoms with Gasteiger partial charge in [-0.05, 0) is 39.8 Å². The molecule has 2 aromatic rings. The summed E-state index contributed by atoms with van der Waals surface area (Å²) >= 11 is 18.0. The number of aromatic nitrogens is 2. The van der Waals surface area contributed by atoms with Gasteiger partial charge in [0, 0.05) is 25.5 Å². The van der Waals surface area contributed by atoms with Gasteiger partial charge < -0.3 is 15.2 Å². The lowest BCUT2D eigenvalue weighted by molar-refractivity contribution is 0.0869. The fraction of sp³-hybridized carbons (Fsp3) is 0.500. The van der Waals surface area contributed by atoms with E-state index in [2.05, 4.69) is 20.3 Å². The number of aliphatic imine (C=N–C) groups is 1. The Bertz CT molecular complexity index is 1180. The van der Waals surface area contributed by atoms with Gasteiger partial charge in [0.05, 0.1) is 38.9 Å². The van der Waals surface area contributed by atoms with E-state index in [0.717, 1.165) is 5.56 Å². The summed E-state index contributed by atoms with van der Waals surface area (Å²) in [5.41, 5.74) is 0.191. The van der Waals surface area contributed by atoms with Gasteiger partial charge in [0.25, 0.3) is 17.3 Å². The molecular weight excluding hydrogens is 637 g/mol. The smallest absolute Gasteiger partial charge is 0.278 e. The van der Waals surface area contributed by atoms with Crippen LogP contribution in [0.4, 0.5) is 11.7 Å². The number of halogens is 7. The first kappa shape index (κ1) is 36.5.